The molecule has 0 bridgehead atoms. The van der Waals surface area contributed by atoms with E-state index < -0.39 is 0 Å². The molecule has 2 nitrogen and oxygen atoms in total. The minimum atomic E-state index is 0.183. The Morgan fingerprint density at radius 1 is 1.36 bits per heavy atom. The first-order valence-electron chi connectivity index (χ1n) is 5.91. The van der Waals surface area contributed by atoms with Crippen molar-refractivity contribution in [1.29, 1.82) is 0 Å². The van der Waals surface area contributed by atoms with Crippen molar-refractivity contribution in [2.24, 2.45) is 11.7 Å². The summed E-state index contributed by atoms with van der Waals surface area (Å²) in [5, 5.41) is 0. The summed E-state index contributed by atoms with van der Waals surface area (Å²) >= 11 is 0. The van der Waals surface area contributed by atoms with E-state index >= 15 is 0 Å². The fourth-order valence-electron chi connectivity index (χ4n) is 1.84. The van der Waals surface area contributed by atoms with Crippen molar-refractivity contribution < 1.29 is 0 Å². The highest BCUT2D eigenvalue weighted by atomic mass is 15.2. The van der Waals surface area contributed by atoms with Gasteiger partial charge in [-0.1, -0.05) is 27.2 Å². The van der Waals surface area contributed by atoms with E-state index in [0.29, 0.717) is 0 Å². The van der Waals surface area contributed by atoms with Gasteiger partial charge in [0.1, 0.15) is 0 Å². The fourth-order valence-corrected chi connectivity index (χ4v) is 1.84. The number of nitrogens with zero attached hydrogens (tertiary/aromatic N) is 1. The highest BCUT2D eigenvalue weighted by Crippen LogP contribution is 2.18. The van der Waals surface area contributed by atoms with Gasteiger partial charge < -0.3 is 5.73 Å². The lowest BCUT2D eigenvalue weighted by Crippen LogP contribution is -2.50. The summed E-state index contributed by atoms with van der Waals surface area (Å²) in [6, 6.07) is 0. The van der Waals surface area contributed by atoms with Crippen molar-refractivity contribution in [3.8, 4) is 0 Å². The molecule has 0 radical (unpaired) electrons. The zero-order valence-electron chi connectivity index (χ0n) is 10.6. The summed E-state index contributed by atoms with van der Waals surface area (Å²) < 4.78 is 0. The third-order valence-corrected chi connectivity index (χ3v) is 3.49. The molecule has 0 aromatic heterocycles. The third-order valence-electron chi connectivity index (χ3n) is 3.49. The second-order valence-electron chi connectivity index (χ2n) is 4.83. The standard InChI is InChI=1S/C12H28N2/c1-6-8-11(3)9-14(5)12(4,7-2)10-13/h11H,6-10,13H2,1-5H3. The van der Waals surface area contributed by atoms with E-state index in [1.807, 2.05) is 0 Å². The molecule has 2 unspecified atom stereocenters. The maximum absolute atomic E-state index is 5.83. The molecule has 0 saturated heterocycles. The Labute approximate surface area is 89.9 Å². The Kier molecular flexibility index (Phi) is 6.38. The number of rotatable bonds is 7. The molecule has 0 aliphatic heterocycles. The molecule has 0 aromatic rings. The van der Waals surface area contributed by atoms with E-state index in [9.17, 15) is 0 Å². The highest BCUT2D eigenvalue weighted by molar-refractivity contribution is 4.84. The van der Waals surface area contributed by atoms with E-state index in [-0.39, 0.29) is 5.54 Å². The summed E-state index contributed by atoms with van der Waals surface area (Å²) in [6.45, 7) is 11.0. The molecular weight excluding hydrogens is 172 g/mol. The SMILES string of the molecule is CCCC(C)CN(C)C(C)(CC)CN. The van der Waals surface area contributed by atoms with Crippen molar-refractivity contribution in [1.82, 2.24) is 4.90 Å². The third kappa shape index (κ3) is 3.97. The van der Waals surface area contributed by atoms with Crippen LogP contribution in [0.5, 0.6) is 0 Å². The van der Waals surface area contributed by atoms with E-state index in [1.165, 1.54) is 12.8 Å². The smallest absolute Gasteiger partial charge is 0.0298 e. The highest BCUT2D eigenvalue weighted by Gasteiger charge is 2.26. The van der Waals surface area contributed by atoms with Crippen molar-refractivity contribution in [2.45, 2.75) is 52.5 Å². The first kappa shape index (κ1) is 13.9. The molecule has 0 amide bonds. The van der Waals surface area contributed by atoms with Gasteiger partial charge >= 0.3 is 0 Å². The van der Waals surface area contributed by atoms with Gasteiger partial charge in [-0.3, -0.25) is 4.90 Å². The van der Waals surface area contributed by atoms with E-state index in [0.717, 1.165) is 25.4 Å². The molecule has 0 aliphatic rings. The minimum absolute atomic E-state index is 0.183. The van der Waals surface area contributed by atoms with Gasteiger partial charge in [0.25, 0.3) is 0 Å². The second kappa shape index (κ2) is 6.41. The molecule has 86 valence electrons. The fraction of sp³-hybridized carbons (Fsp3) is 1.00. The molecular formula is C12H28N2. The molecule has 0 aliphatic carbocycles. The molecule has 0 heterocycles. The van der Waals surface area contributed by atoms with Gasteiger partial charge in [0.15, 0.2) is 0 Å². The van der Waals surface area contributed by atoms with Gasteiger partial charge in [0.05, 0.1) is 0 Å². The summed E-state index contributed by atoms with van der Waals surface area (Å²) in [7, 11) is 2.20. The maximum Gasteiger partial charge on any atom is 0.0298 e. The first-order valence-corrected chi connectivity index (χ1v) is 5.91. The van der Waals surface area contributed by atoms with Crippen molar-refractivity contribution in [2.75, 3.05) is 20.1 Å². The van der Waals surface area contributed by atoms with Crippen LogP contribution in [0.3, 0.4) is 0 Å². The number of hydrogen-bond acceptors (Lipinski definition) is 2. The zero-order chi connectivity index (χ0) is 11.2. The molecule has 0 saturated carbocycles. The summed E-state index contributed by atoms with van der Waals surface area (Å²) in [4.78, 5) is 2.42. The Morgan fingerprint density at radius 2 is 1.93 bits per heavy atom. The minimum Gasteiger partial charge on any atom is -0.329 e. The lowest BCUT2D eigenvalue weighted by molar-refractivity contribution is 0.119. The normalized spacial score (nSPS) is 18.2. The molecule has 0 aromatic carbocycles. The molecule has 2 atom stereocenters. The van der Waals surface area contributed by atoms with Crippen LogP contribution in [0.25, 0.3) is 0 Å². The van der Waals surface area contributed by atoms with Crippen LogP contribution in [0.1, 0.15) is 47.0 Å². The molecule has 0 spiro atoms. The van der Waals surface area contributed by atoms with Gasteiger partial charge in [0, 0.05) is 18.6 Å². The van der Waals surface area contributed by atoms with E-state index in [2.05, 4.69) is 39.6 Å². The van der Waals surface area contributed by atoms with E-state index in [1.54, 1.807) is 0 Å². The predicted molar refractivity (Wildman–Crippen MR) is 64.5 cm³/mol. The Hall–Kier alpha value is -0.0800. The first-order chi connectivity index (χ1) is 6.50. The zero-order valence-corrected chi connectivity index (χ0v) is 10.6. The van der Waals surface area contributed by atoms with E-state index in [4.69, 9.17) is 5.73 Å². The average Bonchev–Trinajstić information content (AvgIpc) is 2.16. The van der Waals surface area contributed by atoms with Crippen LogP contribution in [0.15, 0.2) is 0 Å². The summed E-state index contributed by atoms with van der Waals surface area (Å²) in [5.74, 6) is 0.780. The quantitative estimate of drug-likeness (QED) is 0.684. The topological polar surface area (TPSA) is 29.3 Å². The van der Waals surface area contributed by atoms with Gasteiger partial charge in [-0.25, -0.2) is 0 Å². The molecule has 0 fully saturated rings. The van der Waals surface area contributed by atoms with Crippen LogP contribution >= 0.6 is 0 Å². The van der Waals surface area contributed by atoms with Crippen molar-refractivity contribution >= 4 is 0 Å². The van der Waals surface area contributed by atoms with Crippen LogP contribution < -0.4 is 5.73 Å². The Balaban J connectivity index is 4.10. The van der Waals surface area contributed by atoms with Gasteiger partial charge in [-0.05, 0) is 32.7 Å². The van der Waals surface area contributed by atoms with Crippen LogP contribution in [-0.2, 0) is 0 Å². The van der Waals surface area contributed by atoms with Gasteiger partial charge in [-0.15, -0.1) is 0 Å². The maximum atomic E-state index is 5.83. The van der Waals surface area contributed by atoms with Crippen LogP contribution in [0.2, 0.25) is 0 Å². The monoisotopic (exact) mass is 200 g/mol. The van der Waals surface area contributed by atoms with Crippen LogP contribution in [-0.4, -0.2) is 30.6 Å². The van der Waals surface area contributed by atoms with Crippen molar-refractivity contribution in [3.63, 3.8) is 0 Å². The number of nitrogens with two attached hydrogens (primary N) is 1. The lowest BCUT2D eigenvalue weighted by Gasteiger charge is -2.38. The number of hydrogen-bond donors (Lipinski definition) is 1. The Bertz CT molecular complexity index is 141. The molecule has 14 heavy (non-hydrogen) atoms. The molecule has 2 N–H and O–H groups in total. The predicted octanol–water partition coefficient (Wildman–Crippen LogP) is 2.48. The molecule has 0 rings (SSSR count). The summed E-state index contributed by atoms with van der Waals surface area (Å²) in [5.41, 5.74) is 6.01. The second-order valence-corrected chi connectivity index (χ2v) is 4.83. The van der Waals surface area contributed by atoms with Gasteiger partial charge in [0.2, 0.25) is 0 Å². The Morgan fingerprint density at radius 3 is 2.29 bits per heavy atom. The van der Waals surface area contributed by atoms with Crippen LogP contribution in [0.4, 0.5) is 0 Å². The number of likely N-dealkylation sites (N-methyl/N-ethyl adjacent to an activating group) is 1. The molecule has 2 heteroatoms. The van der Waals surface area contributed by atoms with Crippen molar-refractivity contribution in [3.05, 3.63) is 0 Å². The van der Waals surface area contributed by atoms with Crippen LogP contribution in [0, 0.1) is 5.92 Å². The van der Waals surface area contributed by atoms with Gasteiger partial charge in [-0.2, -0.15) is 0 Å². The summed E-state index contributed by atoms with van der Waals surface area (Å²) in [6.07, 6.45) is 3.72. The average molecular weight is 200 g/mol. The largest absolute Gasteiger partial charge is 0.329 e. The lowest BCUT2D eigenvalue weighted by atomic mass is 9.95.